The first-order valence-electron chi connectivity index (χ1n) is 6.50. The minimum absolute atomic E-state index is 0.248. The minimum Gasteiger partial charge on any atom is -0.368 e. The molecule has 20 heavy (non-hydrogen) atoms. The quantitative estimate of drug-likeness (QED) is 0.842. The van der Waals surface area contributed by atoms with E-state index in [1.54, 1.807) is 18.7 Å². The van der Waals surface area contributed by atoms with Crippen molar-refractivity contribution in [2.24, 2.45) is 5.73 Å². The second-order valence-corrected chi connectivity index (χ2v) is 5.76. The molecule has 3 N–H and O–H groups in total. The van der Waals surface area contributed by atoms with Crippen molar-refractivity contribution < 1.29 is 9.59 Å². The Balaban J connectivity index is 3.00. The van der Waals surface area contributed by atoms with Crippen LogP contribution in [0.2, 0.25) is 0 Å². The van der Waals surface area contributed by atoms with Gasteiger partial charge in [0.05, 0.1) is 0 Å². The van der Waals surface area contributed by atoms with Gasteiger partial charge in [0, 0.05) is 0 Å². The predicted octanol–water partition coefficient (Wildman–Crippen LogP) is 0.978. The summed E-state index contributed by atoms with van der Waals surface area (Å²) in [5, 5.41) is 2.70. The topological polar surface area (TPSA) is 75.4 Å². The van der Waals surface area contributed by atoms with Crippen molar-refractivity contribution in [2.75, 3.05) is 14.1 Å². The molecule has 1 aromatic rings. The van der Waals surface area contributed by atoms with Crippen molar-refractivity contribution in [3.05, 3.63) is 35.4 Å². The Morgan fingerprint density at radius 3 is 2.10 bits per heavy atom. The first kappa shape index (κ1) is 16.2. The maximum atomic E-state index is 12.4. The molecule has 0 spiro atoms. The first-order valence-corrected chi connectivity index (χ1v) is 6.50. The number of nitrogens with one attached hydrogen (secondary N) is 1. The number of carbonyl (C=O) groups is 2. The average Bonchev–Trinajstić information content (AvgIpc) is 2.30. The normalized spacial score (nSPS) is 13.1. The maximum absolute atomic E-state index is 12.4. The van der Waals surface area contributed by atoms with Gasteiger partial charge in [-0.05, 0) is 40.4 Å². The van der Waals surface area contributed by atoms with Crippen molar-refractivity contribution in [1.82, 2.24) is 10.2 Å². The van der Waals surface area contributed by atoms with Gasteiger partial charge in [-0.3, -0.25) is 14.5 Å². The van der Waals surface area contributed by atoms with Crippen LogP contribution < -0.4 is 11.1 Å². The standard InChI is InChI=1S/C15H23N3O2/c1-10-6-8-11(9-7-10)12(18(4)5)13(19)17-15(2,3)14(16)20/h6-9,12H,1-5H3,(H2,16,20)(H,17,19)/t12-/m0/s1. The van der Waals surface area contributed by atoms with Crippen LogP contribution in [0.4, 0.5) is 0 Å². The van der Waals surface area contributed by atoms with Gasteiger partial charge in [-0.1, -0.05) is 29.8 Å². The van der Waals surface area contributed by atoms with Crippen LogP contribution in [0, 0.1) is 6.92 Å². The van der Waals surface area contributed by atoms with Gasteiger partial charge in [0.25, 0.3) is 0 Å². The number of carbonyl (C=O) groups excluding carboxylic acids is 2. The molecule has 5 heteroatoms. The molecule has 0 aliphatic rings. The van der Waals surface area contributed by atoms with E-state index in [0.29, 0.717) is 0 Å². The fourth-order valence-corrected chi connectivity index (χ4v) is 1.87. The summed E-state index contributed by atoms with van der Waals surface area (Å²) in [4.78, 5) is 25.6. The second-order valence-electron chi connectivity index (χ2n) is 5.76. The molecule has 0 saturated carbocycles. The van der Waals surface area contributed by atoms with E-state index in [9.17, 15) is 9.59 Å². The average molecular weight is 277 g/mol. The van der Waals surface area contributed by atoms with E-state index in [-0.39, 0.29) is 5.91 Å². The molecule has 0 bridgehead atoms. The second kappa shape index (κ2) is 6.05. The molecule has 1 rings (SSSR count). The van der Waals surface area contributed by atoms with Crippen LogP contribution in [-0.2, 0) is 9.59 Å². The Bertz CT molecular complexity index is 492. The highest BCUT2D eigenvalue weighted by molar-refractivity contribution is 5.92. The largest absolute Gasteiger partial charge is 0.368 e. The predicted molar refractivity (Wildman–Crippen MR) is 79.0 cm³/mol. The van der Waals surface area contributed by atoms with Gasteiger partial charge < -0.3 is 11.1 Å². The number of hydrogen-bond donors (Lipinski definition) is 2. The van der Waals surface area contributed by atoms with E-state index in [1.165, 1.54) is 0 Å². The Labute approximate surface area is 120 Å². The summed E-state index contributed by atoms with van der Waals surface area (Å²) in [5.74, 6) is -0.810. The Hall–Kier alpha value is -1.88. The van der Waals surface area contributed by atoms with Gasteiger partial charge in [-0.2, -0.15) is 0 Å². The maximum Gasteiger partial charge on any atom is 0.242 e. The summed E-state index contributed by atoms with van der Waals surface area (Å²) in [6.45, 7) is 5.18. The number of nitrogens with zero attached hydrogens (tertiary/aromatic N) is 1. The third kappa shape index (κ3) is 3.81. The van der Waals surface area contributed by atoms with Gasteiger partial charge in [0.2, 0.25) is 11.8 Å². The summed E-state index contributed by atoms with van der Waals surface area (Å²) in [6.07, 6.45) is 0. The number of benzene rings is 1. The van der Waals surface area contributed by atoms with E-state index in [2.05, 4.69) is 5.32 Å². The zero-order valence-electron chi connectivity index (χ0n) is 12.7. The number of rotatable bonds is 5. The fourth-order valence-electron chi connectivity index (χ4n) is 1.87. The monoisotopic (exact) mass is 277 g/mol. The molecule has 0 unspecified atom stereocenters. The summed E-state index contributed by atoms with van der Waals surface area (Å²) in [6, 6.07) is 7.28. The number of nitrogens with two attached hydrogens (primary N) is 1. The fraction of sp³-hybridized carbons (Fsp3) is 0.467. The SMILES string of the molecule is Cc1ccc([C@@H](C(=O)NC(C)(C)C(N)=O)N(C)C)cc1. The summed E-state index contributed by atoms with van der Waals surface area (Å²) in [5.41, 5.74) is 6.22. The number of aryl methyl sites for hydroxylation is 1. The molecular weight excluding hydrogens is 254 g/mol. The third-order valence-corrected chi connectivity index (χ3v) is 3.21. The highest BCUT2D eigenvalue weighted by atomic mass is 16.2. The molecule has 2 amide bonds. The van der Waals surface area contributed by atoms with Gasteiger partial charge in [-0.25, -0.2) is 0 Å². The van der Waals surface area contributed by atoms with Gasteiger partial charge in [0.1, 0.15) is 11.6 Å². The Morgan fingerprint density at radius 1 is 1.20 bits per heavy atom. The van der Waals surface area contributed by atoms with Crippen LogP contribution in [0.25, 0.3) is 0 Å². The summed E-state index contributed by atoms with van der Waals surface area (Å²) >= 11 is 0. The lowest BCUT2D eigenvalue weighted by molar-refractivity contribution is -0.133. The molecule has 0 aromatic heterocycles. The molecule has 0 radical (unpaired) electrons. The molecule has 0 fully saturated rings. The third-order valence-electron chi connectivity index (χ3n) is 3.21. The molecule has 110 valence electrons. The molecule has 0 aliphatic heterocycles. The Kier molecular flexibility index (Phi) is 4.89. The number of amides is 2. The molecule has 0 saturated heterocycles. The van der Waals surface area contributed by atoms with E-state index in [0.717, 1.165) is 11.1 Å². The zero-order chi connectivity index (χ0) is 15.5. The van der Waals surface area contributed by atoms with Crippen LogP contribution >= 0.6 is 0 Å². The van der Waals surface area contributed by atoms with Crippen molar-refractivity contribution in [2.45, 2.75) is 32.4 Å². The number of hydrogen-bond acceptors (Lipinski definition) is 3. The van der Waals surface area contributed by atoms with Gasteiger partial charge >= 0.3 is 0 Å². The molecule has 1 atom stereocenters. The smallest absolute Gasteiger partial charge is 0.242 e. The van der Waals surface area contributed by atoms with E-state index >= 15 is 0 Å². The van der Waals surface area contributed by atoms with Crippen LogP contribution in [0.1, 0.15) is 31.0 Å². The van der Waals surface area contributed by atoms with Crippen LogP contribution in [-0.4, -0.2) is 36.3 Å². The lowest BCUT2D eigenvalue weighted by atomic mass is 10.00. The highest BCUT2D eigenvalue weighted by Crippen LogP contribution is 2.20. The summed E-state index contributed by atoms with van der Waals surface area (Å²) in [7, 11) is 3.64. The van der Waals surface area contributed by atoms with Gasteiger partial charge in [-0.15, -0.1) is 0 Å². The van der Waals surface area contributed by atoms with Crippen LogP contribution in [0.5, 0.6) is 0 Å². The Morgan fingerprint density at radius 2 is 1.70 bits per heavy atom. The molecular formula is C15H23N3O2. The van der Waals surface area contributed by atoms with Crippen molar-refractivity contribution in [1.29, 1.82) is 0 Å². The number of likely N-dealkylation sites (N-methyl/N-ethyl adjacent to an activating group) is 1. The highest BCUT2D eigenvalue weighted by Gasteiger charge is 2.31. The van der Waals surface area contributed by atoms with E-state index in [4.69, 9.17) is 5.73 Å². The molecule has 1 aromatic carbocycles. The van der Waals surface area contributed by atoms with E-state index in [1.807, 2.05) is 45.3 Å². The van der Waals surface area contributed by atoms with Crippen LogP contribution in [0.3, 0.4) is 0 Å². The summed E-state index contributed by atoms with van der Waals surface area (Å²) < 4.78 is 0. The first-order chi connectivity index (χ1) is 9.15. The molecule has 5 nitrogen and oxygen atoms in total. The lowest BCUT2D eigenvalue weighted by Gasteiger charge is -2.29. The number of primary amides is 1. The molecule has 0 aliphatic carbocycles. The lowest BCUT2D eigenvalue weighted by Crippen LogP contribution is -2.55. The van der Waals surface area contributed by atoms with Crippen molar-refractivity contribution in [3.63, 3.8) is 0 Å². The van der Waals surface area contributed by atoms with E-state index < -0.39 is 17.5 Å². The van der Waals surface area contributed by atoms with Crippen molar-refractivity contribution in [3.8, 4) is 0 Å². The van der Waals surface area contributed by atoms with Gasteiger partial charge in [0.15, 0.2) is 0 Å². The minimum atomic E-state index is -1.07. The molecule has 0 heterocycles. The zero-order valence-corrected chi connectivity index (χ0v) is 12.7. The van der Waals surface area contributed by atoms with Crippen LogP contribution in [0.15, 0.2) is 24.3 Å². The van der Waals surface area contributed by atoms with Crippen molar-refractivity contribution >= 4 is 11.8 Å².